The van der Waals surface area contributed by atoms with E-state index >= 15 is 0 Å². The van der Waals surface area contributed by atoms with Crippen molar-refractivity contribution in [2.45, 2.75) is 50.8 Å². The lowest BCUT2D eigenvalue weighted by Gasteiger charge is -2.30. The highest BCUT2D eigenvalue weighted by Crippen LogP contribution is 2.34. The van der Waals surface area contributed by atoms with Crippen LogP contribution in [0.2, 0.25) is 0 Å². The van der Waals surface area contributed by atoms with Crippen molar-refractivity contribution >= 4 is 0 Å². The molecule has 1 unspecified atom stereocenters. The van der Waals surface area contributed by atoms with Gasteiger partial charge in [-0.25, -0.2) is 0 Å². The Balaban J connectivity index is 1.58. The molecule has 0 aromatic heterocycles. The molecule has 1 fully saturated rings. The van der Waals surface area contributed by atoms with E-state index in [0.29, 0.717) is 25.0 Å². The Labute approximate surface area is 120 Å². The lowest BCUT2D eigenvalue weighted by molar-refractivity contribution is 0.0614. The molecule has 0 saturated heterocycles. The van der Waals surface area contributed by atoms with Crippen molar-refractivity contribution in [3.8, 4) is 11.5 Å². The van der Waals surface area contributed by atoms with Crippen LogP contribution in [-0.2, 0) is 4.74 Å². The second-order valence-electron chi connectivity index (χ2n) is 5.71. The van der Waals surface area contributed by atoms with E-state index in [1.165, 1.54) is 18.4 Å². The third-order valence-corrected chi connectivity index (χ3v) is 4.39. The molecule has 3 rings (SSSR count). The number of hydrogen-bond acceptors (Lipinski definition) is 4. The number of fused-ring (bicyclic) bond motifs is 1. The Kier molecular flexibility index (Phi) is 4.13. The number of benzene rings is 1. The largest absolute Gasteiger partial charge is 0.454 e. The molecule has 1 aromatic carbocycles. The molecular formula is C16H23NO3. The van der Waals surface area contributed by atoms with Crippen LogP contribution in [0.25, 0.3) is 0 Å². The second kappa shape index (κ2) is 6.02. The molecular weight excluding hydrogens is 254 g/mol. The molecule has 4 nitrogen and oxygen atoms in total. The fourth-order valence-corrected chi connectivity index (χ4v) is 3.10. The molecule has 1 N–H and O–H groups in total. The summed E-state index contributed by atoms with van der Waals surface area (Å²) in [5.74, 6) is 1.71. The van der Waals surface area contributed by atoms with Crippen molar-refractivity contribution in [2.24, 2.45) is 0 Å². The predicted octanol–water partition coefficient (Wildman–Crippen LogP) is 3.02. The smallest absolute Gasteiger partial charge is 0.231 e. The van der Waals surface area contributed by atoms with Gasteiger partial charge >= 0.3 is 0 Å². The van der Waals surface area contributed by atoms with Crippen LogP contribution in [0.4, 0.5) is 0 Å². The van der Waals surface area contributed by atoms with Gasteiger partial charge in [-0.1, -0.05) is 6.07 Å². The van der Waals surface area contributed by atoms with Gasteiger partial charge in [-0.3, -0.25) is 0 Å². The zero-order chi connectivity index (χ0) is 13.9. The molecule has 1 saturated carbocycles. The number of rotatable bonds is 4. The molecule has 110 valence electrons. The number of methoxy groups -OCH3 is 1. The normalized spacial score (nSPS) is 26.5. The first-order valence-corrected chi connectivity index (χ1v) is 7.44. The highest BCUT2D eigenvalue weighted by Gasteiger charge is 2.23. The zero-order valence-electron chi connectivity index (χ0n) is 12.2. The van der Waals surface area contributed by atoms with Gasteiger partial charge < -0.3 is 19.5 Å². The van der Waals surface area contributed by atoms with E-state index in [0.717, 1.165) is 24.3 Å². The van der Waals surface area contributed by atoms with Gasteiger partial charge in [-0.05, 0) is 50.3 Å². The third kappa shape index (κ3) is 2.91. The van der Waals surface area contributed by atoms with Gasteiger partial charge in [0.1, 0.15) is 0 Å². The number of ether oxygens (including phenoxy) is 3. The van der Waals surface area contributed by atoms with Crippen LogP contribution in [0.15, 0.2) is 18.2 Å². The minimum atomic E-state index is 0.327. The molecule has 1 heterocycles. The monoisotopic (exact) mass is 277 g/mol. The summed E-state index contributed by atoms with van der Waals surface area (Å²) in [5, 5.41) is 3.72. The maximum atomic E-state index is 5.44. The van der Waals surface area contributed by atoms with Gasteiger partial charge in [0.25, 0.3) is 0 Å². The highest BCUT2D eigenvalue weighted by molar-refractivity contribution is 5.45. The van der Waals surface area contributed by atoms with E-state index in [2.05, 4.69) is 24.4 Å². The van der Waals surface area contributed by atoms with Crippen molar-refractivity contribution < 1.29 is 14.2 Å². The average Bonchev–Trinajstić information content (AvgIpc) is 2.95. The Hall–Kier alpha value is -1.26. The van der Waals surface area contributed by atoms with Crippen molar-refractivity contribution in [3.05, 3.63) is 23.8 Å². The van der Waals surface area contributed by atoms with E-state index in [-0.39, 0.29) is 0 Å². The van der Waals surface area contributed by atoms with E-state index < -0.39 is 0 Å². The molecule has 20 heavy (non-hydrogen) atoms. The van der Waals surface area contributed by atoms with Crippen LogP contribution in [0, 0.1) is 0 Å². The first kappa shape index (κ1) is 13.7. The molecule has 1 aliphatic heterocycles. The van der Waals surface area contributed by atoms with Crippen molar-refractivity contribution in [1.29, 1.82) is 0 Å². The highest BCUT2D eigenvalue weighted by atomic mass is 16.7. The summed E-state index contributed by atoms with van der Waals surface area (Å²) in [5.41, 5.74) is 1.25. The molecule has 0 amide bonds. The van der Waals surface area contributed by atoms with Gasteiger partial charge in [0.05, 0.1) is 6.10 Å². The first-order chi connectivity index (χ1) is 9.76. The number of nitrogens with one attached hydrogen (secondary N) is 1. The fraction of sp³-hybridized carbons (Fsp3) is 0.625. The first-order valence-electron chi connectivity index (χ1n) is 7.44. The molecule has 1 aromatic rings. The van der Waals surface area contributed by atoms with Crippen molar-refractivity contribution in [2.75, 3.05) is 13.9 Å². The summed E-state index contributed by atoms with van der Waals surface area (Å²) in [6.07, 6.45) is 5.14. The van der Waals surface area contributed by atoms with E-state index in [9.17, 15) is 0 Å². The summed E-state index contributed by atoms with van der Waals surface area (Å²) >= 11 is 0. The Morgan fingerprint density at radius 2 is 1.90 bits per heavy atom. The third-order valence-electron chi connectivity index (χ3n) is 4.39. The average molecular weight is 277 g/mol. The molecule has 1 atom stereocenters. The Bertz CT molecular complexity index is 455. The lowest BCUT2D eigenvalue weighted by atomic mass is 9.92. The minimum absolute atomic E-state index is 0.327. The van der Waals surface area contributed by atoms with Crippen molar-refractivity contribution in [3.63, 3.8) is 0 Å². The van der Waals surface area contributed by atoms with Crippen molar-refractivity contribution in [1.82, 2.24) is 5.32 Å². The molecule has 0 radical (unpaired) electrons. The molecule has 2 aliphatic rings. The van der Waals surface area contributed by atoms with Crippen LogP contribution in [0.3, 0.4) is 0 Å². The lowest BCUT2D eigenvalue weighted by Crippen LogP contribution is -2.36. The Morgan fingerprint density at radius 3 is 2.65 bits per heavy atom. The molecule has 0 spiro atoms. The summed E-state index contributed by atoms with van der Waals surface area (Å²) in [7, 11) is 1.81. The SMILES string of the molecule is COC1CCC(NC(C)c2ccc3c(c2)OCO3)CC1. The van der Waals surface area contributed by atoms with E-state index in [4.69, 9.17) is 14.2 Å². The van der Waals surface area contributed by atoms with Crippen LogP contribution in [0.1, 0.15) is 44.2 Å². The van der Waals surface area contributed by atoms with Gasteiger partial charge in [0.15, 0.2) is 11.5 Å². The molecule has 1 aliphatic carbocycles. The van der Waals surface area contributed by atoms with Crippen LogP contribution in [-0.4, -0.2) is 26.0 Å². The van der Waals surface area contributed by atoms with Crippen LogP contribution < -0.4 is 14.8 Å². The molecule has 4 heteroatoms. The standard InChI is InChI=1S/C16H23NO3/c1-11(17-13-4-6-14(18-2)7-5-13)12-3-8-15-16(9-12)20-10-19-15/h3,8-9,11,13-14,17H,4-7,10H2,1-2H3. The van der Waals surface area contributed by atoms with E-state index in [1.807, 2.05) is 13.2 Å². The van der Waals surface area contributed by atoms with Gasteiger partial charge in [0, 0.05) is 19.2 Å². The van der Waals surface area contributed by atoms with E-state index in [1.54, 1.807) is 0 Å². The Morgan fingerprint density at radius 1 is 1.15 bits per heavy atom. The molecule has 0 bridgehead atoms. The second-order valence-corrected chi connectivity index (χ2v) is 5.71. The summed E-state index contributed by atoms with van der Waals surface area (Å²) < 4.78 is 16.2. The summed E-state index contributed by atoms with van der Waals surface area (Å²) in [6.45, 7) is 2.54. The van der Waals surface area contributed by atoms with Crippen LogP contribution >= 0.6 is 0 Å². The maximum absolute atomic E-state index is 5.44. The topological polar surface area (TPSA) is 39.7 Å². The van der Waals surface area contributed by atoms with Gasteiger partial charge in [-0.2, -0.15) is 0 Å². The quantitative estimate of drug-likeness (QED) is 0.918. The summed E-state index contributed by atoms with van der Waals surface area (Å²) in [4.78, 5) is 0. The minimum Gasteiger partial charge on any atom is -0.454 e. The van der Waals surface area contributed by atoms with Gasteiger partial charge in [-0.15, -0.1) is 0 Å². The maximum Gasteiger partial charge on any atom is 0.231 e. The predicted molar refractivity (Wildman–Crippen MR) is 77.2 cm³/mol. The van der Waals surface area contributed by atoms with Gasteiger partial charge in [0.2, 0.25) is 6.79 Å². The zero-order valence-corrected chi connectivity index (χ0v) is 12.2. The summed E-state index contributed by atoms with van der Waals surface area (Å²) in [6, 6.07) is 7.11. The number of hydrogen-bond donors (Lipinski definition) is 1. The fourth-order valence-electron chi connectivity index (χ4n) is 3.10. The van der Waals surface area contributed by atoms with Crippen LogP contribution in [0.5, 0.6) is 11.5 Å².